The van der Waals surface area contributed by atoms with E-state index in [0.717, 1.165) is 16.7 Å². The number of fused-ring (bicyclic) bond motifs is 1. The number of ether oxygens (including phenoxy) is 4. The van der Waals surface area contributed by atoms with Crippen molar-refractivity contribution in [2.24, 2.45) is 5.92 Å². The van der Waals surface area contributed by atoms with E-state index in [9.17, 15) is 14.4 Å². The fourth-order valence-electron chi connectivity index (χ4n) is 6.17. The summed E-state index contributed by atoms with van der Waals surface area (Å²) < 4.78 is 26.5. The van der Waals surface area contributed by atoms with Crippen LogP contribution in [0, 0.1) is 5.92 Å². The third-order valence-corrected chi connectivity index (χ3v) is 8.68. The van der Waals surface area contributed by atoms with Crippen LogP contribution in [0.2, 0.25) is 0 Å². The molecule has 6 rings (SSSR count). The number of ketones is 1. The lowest BCUT2D eigenvalue weighted by molar-refractivity contribution is -0.125. The van der Waals surface area contributed by atoms with Crippen molar-refractivity contribution < 1.29 is 28.5 Å². The van der Waals surface area contributed by atoms with Crippen molar-refractivity contribution in [2.75, 3.05) is 19.5 Å². The van der Waals surface area contributed by atoms with Gasteiger partial charge in [0.1, 0.15) is 29.1 Å². The molecule has 12 nitrogen and oxygen atoms in total. The first-order valence-corrected chi connectivity index (χ1v) is 16.1. The Morgan fingerprint density at radius 3 is 2.10 bits per heavy atom. The molecule has 49 heavy (non-hydrogen) atoms. The van der Waals surface area contributed by atoms with Crippen molar-refractivity contribution in [2.45, 2.75) is 57.6 Å². The molecule has 1 unspecified atom stereocenters. The molecular weight excluding hydrogens is 626 g/mol. The topological polar surface area (TPSA) is 147 Å². The summed E-state index contributed by atoms with van der Waals surface area (Å²) in [6.45, 7) is 5.00. The number of carbonyl (C=O) groups excluding carboxylic acids is 2. The molecule has 0 aliphatic carbocycles. The number of nitrogens with one attached hydrogen (secondary N) is 2. The smallest absolute Gasteiger partial charge is 0.280 e. The Balaban J connectivity index is 1.46. The zero-order chi connectivity index (χ0) is 34.7. The summed E-state index contributed by atoms with van der Waals surface area (Å²) in [6.07, 6.45) is -0.0851. The summed E-state index contributed by atoms with van der Waals surface area (Å²) in [6, 6.07) is 25.3. The standard InChI is InChI=1S/C37H39N5O7/c1-22(2)34(44)40-36-39-33-32(35(45)41-36)38-21-42(33)31-20-30(29(48-31)19-23(3)43)49-37(24-9-7-6-8-10-24,25-11-15-27(46-4)16-12-25)26-13-17-28(47-5)18-14-26/h6-18,21-22,29-31H,19-20H2,1-5H3,(H2,39,40,41,44,45)/t29-,30?,31-/m1/s1. The fourth-order valence-corrected chi connectivity index (χ4v) is 6.17. The second-order valence-corrected chi connectivity index (χ2v) is 12.3. The number of anilines is 1. The predicted octanol–water partition coefficient (Wildman–Crippen LogP) is 5.38. The average Bonchev–Trinajstić information content (AvgIpc) is 3.71. The van der Waals surface area contributed by atoms with Gasteiger partial charge in [0.15, 0.2) is 11.2 Å². The quantitative estimate of drug-likeness (QED) is 0.168. The van der Waals surface area contributed by atoms with Crippen molar-refractivity contribution in [1.29, 1.82) is 0 Å². The second kappa shape index (κ2) is 14.0. The number of H-pyrrole nitrogens is 1. The molecule has 12 heteroatoms. The van der Waals surface area contributed by atoms with Crippen molar-refractivity contribution in [1.82, 2.24) is 19.5 Å². The minimum Gasteiger partial charge on any atom is -0.497 e. The van der Waals surface area contributed by atoms with E-state index >= 15 is 0 Å². The van der Waals surface area contributed by atoms with Gasteiger partial charge in [0.05, 0.1) is 32.8 Å². The van der Waals surface area contributed by atoms with Crippen LogP contribution in [0.15, 0.2) is 90.0 Å². The van der Waals surface area contributed by atoms with Crippen molar-refractivity contribution in [3.05, 3.63) is 112 Å². The molecule has 0 radical (unpaired) electrons. The summed E-state index contributed by atoms with van der Waals surface area (Å²) >= 11 is 0. The van der Waals surface area contributed by atoms with Crippen LogP contribution in [0.1, 0.15) is 56.5 Å². The lowest BCUT2D eigenvalue weighted by Gasteiger charge is -2.39. The van der Waals surface area contributed by atoms with Gasteiger partial charge >= 0.3 is 0 Å². The van der Waals surface area contributed by atoms with Gasteiger partial charge in [-0.2, -0.15) is 4.98 Å². The number of aromatic nitrogens is 4. The SMILES string of the molecule is COc1ccc(C(OC2C[C@H](n3cnc4c(=O)[nH]c(NC(=O)C(C)C)nc43)O[C@@H]2CC(C)=O)(c2ccccc2)c2ccc(OC)cc2)cc1. The molecule has 3 aromatic carbocycles. The minimum atomic E-state index is -1.15. The Hall–Kier alpha value is -5.33. The van der Waals surface area contributed by atoms with Crippen LogP contribution in [-0.4, -0.2) is 57.6 Å². The molecule has 0 saturated carbocycles. The molecule has 1 amide bonds. The minimum absolute atomic E-state index is 0.00568. The first-order valence-electron chi connectivity index (χ1n) is 16.1. The van der Waals surface area contributed by atoms with E-state index in [1.807, 2.05) is 78.9 Å². The van der Waals surface area contributed by atoms with Gasteiger partial charge in [-0.15, -0.1) is 0 Å². The highest BCUT2D eigenvalue weighted by Gasteiger charge is 2.46. The number of imidazole rings is 1. The number of nitrogens with zero attached hydrogens (tertiary/aromatic N) is 3. The number of amides is 1. The molecule has 5 aromatic rings. The van der Waals surface area contributed by atoms with E-state index in [1.165, 1.54) is 13.3 Å². The molecule has 1 saturated heterocycles. The van der Waals surface area contributed by atoms with E-state index in [1.54, 1.807) is 32.6 Å². The lowest BCUT2D eigenvalue weighted by Crippen LogP contribution is -2.40. The number of hydrogen-bond donors (Lipinski definition) is 2. The summed E-state index contributed by atoms with van der Waals surface area (Å²) in [5, 5.41) is 2.65. The molecule has 0 spiro atoms. The molecular formula is C37H39N5O7. The number of benzene rings is 3. The number of Topliss-reactive ketones (excluding diaryl/α,β-unsaturated/α-hetero) is 1. The number of rotatable bonds is 12. The molecule has 0 bridgehead atoms. The molecule has 3 atom stereocenters. The summed E-state index contributed by atoms with van der Waals surface area (Å²) in [7, 11) is 3.23. The Bertz CT molecular complexity index is 1940. The zero-order valence-corrected chi connectivity index (χ0v) is 28.0. The van der Waals surface area contributed by atoms with Gasteiger partial charge in [-0.05, 0) is 47.9 Å². The maximum atomic E-state index is 13.0. The van der Waals surface area contributed by atoms with Crippen molar-refractivity contribution in [3.8, 4) is 11.5 Å². The van der Waals surface area contributed by atoms with Crippen LogP contribution in [-0.2, 0) is 24.7 Å². The van der Waals surface area contributed by atoms with E-state index in [4.69, 9.17) is 18.9 Å². The first kappa shape index (κ1) is 33.6. The summed E-state index contributed by atoms with van der Waals surface area (Å²) in [4.78, 5) is 49.4. The Labute approximate surface area is 283 Å². The predicted molar refractivity (Wildman–Crippen MR) is 183 cm³/mol. The molecule has 2 aromatic heterocycles. The highest BCUT2D eigenvalue weighted by Crippen LogP contribution is 2.46. The van der Waals surface area contributed by atoms with Crippen molar-refractivity contribution >= 4 is 28.8 Å². The third-order valence-electron chi connectivity index (χ3n) is 8.68. The van der Waals surface area contributed by atoms with Crippen LogP contribution in [0.3, 0.4) is 0 Å². The molecule has 1 aliphatic rings. The Morgan fingerprint density at radius 2 is 1.55 bits per heavy atom. The van der Waals surface area contributed by atoms with Gasteiger partial charge in [0.25, 0.3) is 5.56 Å². The first-order chi connectivity index (χ1) is 23.6. The normalized spacial score (nSPS) is 17.7. The van der Waals surface area contributed by atoms with Gasteiger partial charge in [-0.25, -0.2) is 4.98 Å². The van der Waals surface area contributed by atoms with Crippen LogP contribution in [0.4, 0.5) is 5.95 Å². The number of carbonyl (C=O) groups is 2. The zero-order valence-electron chi connectivity index (χ0n) is 28.0. The van der Waals surface area contributed by atoms with E-state index < -0.39 is 29.6 Å². The monoisotopic (exact) mass is 665 g/mol. The van der Waals surface area contributed by atoms with E-state index in [0.29, 0.717) is 17.9 Å². The molecule has 1 aliphatic heterocycles. The van der Waals surface area contributed by atoms with Crippen LogP contribution in [0.5, 0.6) is 11.5 Å². The van der Waals surface area contributed by atoms with Crippen molar-refractivity contribution in [3.63, 3.8) is 0 Å². The number of methoxy groups -OCH3 is 2. The Morgan fingerprint density at radius 1 is 0.959 bits per heavy atom. The van der Waals surface area contributed by atoms with Crippen LogP contribution < -0.4 is 20.3 Å². The summed E-state index contributed by atoms with van der Waals surface area (Å²) in [5.41, 5.74) is 1.20. The fraction of sp³-hybridized carbons (Fsp3) is 0.324. The number of aromatic amines is 1. The van der Waals surface area contributed by atoms with E-state index in [2.05, 4.69) is 20.3 Å². The third kappa shape index (κ3) is 6.70. The van der Waals surface area contributed by atoms with Crippen LogP contribution in [0.25, 0.3) is 11.2 Å². The molecule has 2 N–H and O–H groups in total. The van der Waals surface area contributed by atoms with Gasteiger partial charge in [0, 0.05) is 18.8 Å². The largest absolute Gasteiger partial charge is 0.497 e. The lowest BCUT2D eigenvalue weighted by atomic mass is 9.79. The van der Waals surface area contributed by atoms with E-state index in [-0.39, 0.29) is 41.1 Å². The highest BCUT2D eigenvalue weighted by molar-refractivity contribution is 5.91. The Kier molecular flexibility index (Phi) is 9.61. The van der Waals surface area contributed by atoms with Gasteiger partial charge in [0.2, 0.25) is 11.9 Å². The average molecular weight is 666 g/mol. The highest BCUT2D eigenvalue weighted by atomic mass is 16.6. The second-order valence-electron chi connectivity index (χ2n) is 12.3. The van der Waals surface area contributed by atoms with Crippen LogP contribution >= 0.6 is 0 Å². The molecule has 254 valence electrons. The molecule has 1 fully saturated rings. The van der Waals surface area contributed by atoms with Gasteiger partial charge < -0.3 is 18.9 Å². The maximum Gasteiger partial charge on any atom is 0.280 e. The molecule has 3 heterocycles. The van der Waals surface area contributed by atoms with Gasteiger partial charge in [-0.3, -0.25) is 29.3 Å². The maximum absolute atomic E-state index is 13.0. The number of hydrogen-bond acceptors (Lipinski definition) is 9. The summed E-state index contributed by atoms with van der Waals surface area (Å²) in [5.74, 6) is 0.703. The van der Waals surface area contributed by atoms with Gasteiger partial charge in [-0.1, -0.05) is 68.4 Å².